The van der Waals surface area contributed by atoms with Crippen LogP contribution in [0.4, 0.5) is 0 Å². The van der Waals surface area contributed by atoms with E-state index < -0.39 is 9.84 Å². The van der Waals surface area contributed by atoms with Gasteiger partial charge in [-0.2, -0.15) is 0 Å². The zero-order valence-corrected chi connectivity index (χ0v) is 14.3. The van der Waals surface area contributed by atoms with Crippen LogP contribution in [-0.4, -0.2) is 44.1 Å². The molecule has 7 heteroatoms. The van der Waals surface area contributed by atoms with Crippen LogP contribution in [0.3, 0.4) is 0 Å². The standard InChI is InChI=1S/C14H22N2O3S2/c1-10(2)16-8-4-5-12(16)14(17)15-9-11-6-7-13(20-11)21(3,18)19/h6-7,10,12H,4-5,8-9H2,1-3H3,(H,15,17). The molecular formula is C14H22N2O3S2. The largest absolute Gasteiger partial charge is 0.350 e. The van der Waals surface area contributed by atoms with Crippen LogP contribution in [0.25, 0.3) is 0 Å². The summed E-state index contributed by atoms with van der Waals surface area (Å²) in [4.78, 5) is 15.3. The monoisotopic (exact) mass is 330 g/mol. The van der Waals surface area contributed by atoms with E-state index in [4.69, 9.17) is 0 Å². The molecule has 1 aliphatic heterocycles. The van der Waals surface area contributed by atoms with Crippen molar-refractivity contribution in [2.24, 2.45) is 0 Å². The van der Waals surface area contributed by atoms with Crippen LogP contribution in [0, 0.1) is 0 Å². The Bertz CT molecular complexity index is 607. The molecule has 21 heavy (non-hydrogen) atoms. The van der Waals surface area contributed by atoms with Gasteiger partial charge in [-0.1, -0.05) is 0 Å². The molecule has 1 unspecified atom stereocenters. The second-order valence-corrected chi connectivity index (χ2v) is 9.11. The smallest absolute Gasteiger partial charge is 0.237 e. The van der Waals surface area contributed by atoms with Gasteiger partial charge in [-0.25, -0.2) is 8.42 Å². The molecule has 118 valence electrons. The summed E-state index contributed by atoms with van der Waals surface area (Å²) >= 11 is 1.22. The summed E-state index contributed by atoms with van der Waals surface area (Å²) in [7, 11) is -3.16. The Balaban J connectivity index is 1.94. The minimum absolute atomic E-state index is 0.0375. The third-order valence-corrected chi connectivity index (χ3v) is 6.60. The van der Waals surface area contributed by atoms with Crippen molar-refractivity contribution in [2.45, 2.75) is 49.5 Å². The first-order valence-electron chi connectivity index (χ1n) is 7.11. The molecule has 1 aromatic heterocycles. The van der Waals surface area contributed by atoms with E-state index in [1.807, 2.05) is 0 Å². The van der Waals surface area contributed by atoms with Gasteiger partial charge in [-0.3, -0.25) is 9.69 Å². The Kier molecular flexibility index (Phi) is 5.06. The van der Waals surface area contributed by atoms with E-state index in [0.29, 0.717) is 16.8 Å². The normalized spacial score (nSPS) is 20.1. The first-order valence-corrected chi connectivity index (χ1v) is 9.82. The lowest BCUT2D eigenvalue weighted by atomic mass is 10.2. The number of carbonyl (C=O) groups is 1. The van der Waals surface area contributed by atoms with E-state index in [-0.39, 0.29) is 11.9 Å². The first kappa shape index (κ1) is 16.5. The molecule has 1 saturated heterocycles. The first-order chi connectivity index (χ1) is 9.79. The molecule has 0 bridgehead atoms. The number of carbonyl (C=O) groups excluding carboxylic acids is 1. The van der Waals surface area contributed by atoms with Crippen LogP contribution in [0.1, 0.15) is 31.6 Å². The predicted octanol–water partition coefficient (Wildman–Crippen LogP) is 1.64. The zero-order chi connectivity index (χ0) is 15.6. The minimum Gasteiger partial charge on any atom is -0.350 e. The molecule has 0 spiro atoms. The number of hydrogen-bond donors (Lipinski definition) is 1. The van der Waals surface area contributed by atoms with Crippen molar-refractivity contribution in [3.8, 4) is 0 Å². The van der Waals surface area contributed by atoms with E-state index in [2.05, 4.69) is 24.1 Å². The van der Waals surface area contributed by atoms with Crippen LogP contribution >= 0.6 is 11.3 Å². The van der Waals surface area contributed by atoms with Crippen molar-refractivity contribution in [1.29, 1.82) is 0 Å². The third-order valence-electron chi connectivity index (χ3n) is 3.70. The topological polar surface area (TPSA) is 66.5 Å². The van der Waals surface area contributed by atoms with Gasteiger partial charge in [0, 0.05) is 17.2 Å². The van der Waals surface area contributed by atoms with Gasteiger partial charge in [0.15, 0.2) is 9.84 Å². The van der Waals surface area contributed by atoms with Gasteiger partial charge in [-0.15, -0.1) is 11.3 Å². The van der Waals surface area contributed by atoms with E-state index in [1.165, 1.54) is 17.6 Å². The van der Waals surface area contributed by atoms with Crippen molar-refractivity contribution >= 4 is 27.1 Å². The molecule has 1 N–H and O–H groups in total. The number of rotatable bonds is 5. The molecule has 2 rings (SSSR count). The number of thiophene rings is 1. The van der Waals surface area contributed by atoms with Crippen molar-refractivity contribution in [3.63, 3.8) is 0 Å². The molecule has 1 aliphatic rings. The lowest BCUT2D eigenvalue weighted by Gasteiger charge is -2.27. The highest BCUT2D eigenvalue weighted by atomic mass is 32.2. The fourth-order valence-electron chi connectivity index (χ4n) is 2.63. The Morgan fingerprint density at radius 2 is 2.19 bits per heavy atom. The maximum absolute atomic E-state index is 12.3. The van der Waals surface area contributed by atoms with Gasteiger partial charge in [0.1, 0.15) is 4.21 Å². The van der Waals surface area contributed by atoms with Crippen LogP contribution in [0.15, 0.2) is 16.3 Å². The van der Waals surface area contributed by atoms with E-state index >= 15 is 0 Å². The lowest BCUT2D eigenvalue weighted by molar-refractivity contribution is -0.126. The second kappa shape index (κ2) is 6.46. The van der Waals surface area contributed by atoms with Crippen molar-refractivity contribution < 1.29 is 13.2 Å². The molecule has 1 amide bonds. The minimum atomic E-state index is -3.16. The van der Waals surface area contributed by atoms with Crippen molar-refractivity contribution in [3.05, 3.63) is 17.0 Å². The molecule has 1 fully saturated rings. The number of likely N-dealkylation sites (tertiary alicyclic amines) is 1. The summed E-state index contributed by atoms with van der Waals surface area (Å²) in [5.41, 5.74) is 0. The highest BCUT2D eigenvalue weighted by Crippen LogP contribution is 2.22. The fraction of sp³-hybridized carbons (Fsp3) is 0.643. The van der Waals surface area contributed by atoms with Gasteiger partial charge in [-0.05, 0) is 45.4 Å². The quantitative estimate of drug-likeness (QED) is 0.891. The van der Waals surface area contributed by atoms with Gasteiger partial charge in [0.2, 0.25) is 5.91 Å². The second-order valence-electron chi connectivity index (χ2n) is 5.70. The van der Waals surface area contributed by atoms with Gasteiger partial charge >= 0.3 is 0 Å². The highest BCUT2D eigenvalue weighted by Gasteiger charge is 2.31. The highest BCUT2D eigenvalue weighted by molar-refractivity contribution is 7.92. The van der Waals surface area contributed by atoms with Crippen molar-refractivity contribution in [1.82, 2.24) is 10.2 Å². The molecule has 0 aliphatic carbocycles. The molecule has 5 nitrogen and oxygen atoms in total. The van der Waals surface area contributed by atoms with E-state index in [0.717, 1.165) is 24.3 Å². The summed E-state index contributed by atoms with van der Waals surface area (Å²) in [6.45, 7) is 5.56. The molecule has 1 atom stereocenters. The third kappa shape index (κ3) is 4.05. The molecule has 0 radical (unpaired) electrons. The van der Waals surface area contributed by atoms with Crippen LogP contribution < -0.4 is 5.32 Å². The maximum atomic E-state index is 12.3. The number of hydrogen-bond acceptors (Lipinski definition) is 5. The van der Waals surface area contributed by atoms with Gasteiger partial charge in [0.05, 0.1) is 12.6 Å². The van der Waals surface area contributed by atoms with Crippen molar-refractivity contribution in [2.75, 3.05) is 12.8 Å². The Hall–Kier alpha value is -0.920. The molecule has 0 saturated carbocycles. The molecule has 1 aromatic rings. The van der Waals surface area contributed by atoms with E-state index in [1.54, 1.807) is 12.1 Å². The predicted molar refractivity (Wildman–Crippen MR) is 84.1 cm³/mol. The molecule has 0 aromatic carbocycles. The average Bonchev–Trinajstić information content (AvgIpc) is 3.04. The zero-order valence-electron chi connectivity index (χ0n) is 12.6. The number of nitrogens with one attached hydrogen (secondary N) is 1. The SMILES string of the molecule is CC(C)N1CCCC1C(=O)NCc1ccc(S(C)(=O)=O)s1. The average molecular weight is 330 g/mol. The van der Waals surface area contributed by atoms with Crippen LogP contribution in [-0.2, 0) is 21.2 Å². The summed E-state index contributed by atoms with van der Waals surface area (Å²) in [6, 6.07) is 3.66. The summed E-state index contributed by atoms with van der Waals surface area (Å²) < 4.78 is 23.2. The number of sulfone groups is 1. The maximum Gasteiger partial charge on any atom is 0.237 e. The Labute approximate surface area is 130 Å². The van der Waals surface area contributed by atoms with Gasteiger partial charge in [0.25, 0.3) is 0 Å². The Morgan fingerprint density at radius 1 is 1.48 bits per heavy atom. The number of nitrogens with zero attached hydrogens (tertiary/aromatic N) is 1. The summed E-state index contributed by atoms with van der Waals surface area (Å²) in [6.07, 6.45) is 3.14. The summed E-state index contributed by atoms with van der Waals surface area (Å²) in [5.74, 6) is 0.0375. The lowest BCUT2D eigenvalue weighted by Crippen LogP contribution is -2.45. The fourth-order valence-corrected chi connectivity index (χ4v) is 4.55. The van der Waals surface area contributed by atoms with Crippen LogP contribution in [0.5, 0.6) is 0 Å². The molecular weight excluding hydrogens is 308 g/mol. The number of amides is 1. The van der Waals surface area contributed by atoms with E-state index in [9.17, 15) is 13.2 Å². The van der Waals surface area contributed by atoms with Gasteiger partial charge < -0.3 is 5.32 Å². The molecule has 2 heterocycles. The Morgan fingerprint density at radius 3 is 2.76 bits per heavy atom. The van der Waals surface area contributed by atoms with Crippen LogP contribution in [0.2, 0.25) is 0 Å². The summed E-state index contributed by atoms with van der Waals surface area (Å²) in [5, 5.41) is 2.93.